The van der Waals surface area contributed by atoms with Gasteiger partial charge in [-0.05, 0) is 35.4 Å². The third kappa shape index (κ3) is 4.50. The van der Waals surface area contributed by atoms with Gasteiger partial charge in [0, 0.05) is 4.83 Å². The highest BCUT2D eigenvalue weighted by Gasteiger charge is 2.08. The monoisotopic (exact) mass is 316 g/mol. The molecule has 19 heavy (non-hydrogen) atoms. The fourth-order valence-corrected chi connectivity index (χ4v) is 2.95. The molecule has 1 unspecified atom stereocenters. The summed E-state index contributed by atoms with van der Waals surface area (Å²) in [5.74, 6) is 0.718. The lowest BCUT2D eigenvalue weighted by atomic mass is 9.99. The molecular formula is C18H21Br. The standard InChI is InChI=1S/C18H21Br/c1-14(2)12-16-8-10-17(11-9-16)18(19)13-15-6-4-3-5-7-15/h3-11,14,18H,12-13H2,1-2H3. The highest BCUT2D eigenvalue weighted by atomic mass is 79.9. The van der Waals surface area contributed by atoms with Crippen LogP contribution in [0.15, 0.2) is 54.6 Å². The van der Waals surface area contributed by atoms with Crippen LogP contribution in [-0.2, 0) is 12.8 Å². The molecule has 0 aliphatic carbocycles. The summed E-state index contributed by atoms with van der Waals surface area (Å²) in [5, 5.41) is 0. The van der Waals surface area contributed by atoms with Crippen LogP contribution in [0.3, 0.4) is 0 Å². The predicted molar refractivity (Wildman–Crippen MR) is 86.8 cm³/mol. The van der Waals surface area contributed by atoms with Gasteiger partial charge in [0.25, 0.3) is 0 Å². The van der Waals surface area contributed by atoms with Crippen LogP contribution in [0.25, 0.3) is 0 Å². The molecule has 0 aromatic heterocycles. The normalized spacial score (nSPS) is 12.6. The van der Waals surface area contributed by atoms with Gasteiger partial charge in [0.15, 0.2) is 0 Å². The summed E-state index contributed by atoms with van der Waals surface area (Å²) in [7, 11) is 0. The zero-order valence-corrected chi connectivity index (χ0v) is 13.2. The smallest absolute Gasteiger partial charge is 0.0435 e. The van der Waals surface area contributed by atoms with Crippen LogP contribution < -0.4 is 0 Å². The molecule has 0 aliphatic heterocycles. The molecule has 1 atom stereocenters. The molecule has 0 saturated carbocycles. The van der Waals surface area contributed by atoms with Gasteiger partial charge >= 0.3 is 0 Å². The maximum absolute atomic E-state index is 3.80. The zero-order chi connectivity index (χ0) is 13.7. The van der Waals surface area contributed by atoms with Crippen molar-refractivity contribution in [2.75, 3.05) is 0 Å². The van der Waals surface area contributed by atoms with Crippen molar-refractivity contribution in [2.45, 2.75) is 31.5 Å². The van der Waals surface area contributed by atoms with E-state index in [1.165, 1.54) is 16.7 Å². The van der Waals surface area contributed by atoms with E-state index < -0.39 is 0 Å². The van der Waals surface area contributed by atoms with Crippen LogP contribution in [0.5, 0.6) is 0 Å². The largest absolute Gasteiger partial charge is 0.0835 e. The third-order valence-electron chi connectivity index (χ3n) is 3.24. The second-order valence-electron chi connectivity index (χ2n) is 5.50. The van der Waals surface area contributed by atoms with Gasteiger partial charge in [0.05, 0.1) is 0 Å². The van der Waals surface area contributed by atoms with Crippen molar-refractivity contribution < 1.29 is 0 Å². The van der Waals surface area contributed by atoms with E-state index in [-0.39, 0.29) is 0 Å². The van der Waals surface area contributed by atoms with Gasteiger partial charge in [-0.15, -0.1) is 0 Å². The molecule has 0 aliphatic rings. The van der Waals surface area contributed by atoms with E-state index in [0.29, 0.717) is 4.83 Å². The van der Waals surface area contributed by atoms with Crippen molar-refractivity contribution in [2.24, 2.45) is 5.92 Å². The Labute approximate surface area is 125 Å². The van der Waals surface area contributed by atoms with Gasteiger partial charge in [-0.1, -0.05) is 84.4 Å². The summed E-state index contributed by atoms with van der Waals surface area (Å²) in [5.41, 5.74) is 4.16. The molecule has 0 bridgehead atoms. The summed E-state index contributed by atoms with van der Waals surface area (Å²) in [6, 6.07) is 19.6. The van der Waals surface area contributed by atoms with Gasteiger partial charge in [-0.2, -0.15) is 0 Å². The van der Waals surface area contributed by atoms with Crippen LogP contribution in [0.2, 0.25) is 0 Å². The fourth-order valence-electron chi connectivity index (χ4n) is 2.27. The molecule has 0 heterocycles. The molecule has 0 spiro atoms. The number of rotatable bonds is 5. The highest BCUT2D eigenvalue weighted by molar-refractivity contribution is 9.09. The molecule has 100 valence electrons. The van der Waals surface area contributed by atoms with Crippen LogP contribution >= 0.6 is 15.9 Å². The Morgan fingerprint density at radius 3 is 1.95 bits per heavy atom. The van der Waals surface area contributed by atoms with Crippen molar-refractivity contribution in [1.29, 1.82) is 0 Å². The number of hydrogen-bond donors (Lipinski definition) is 0. The Hall–Kier alpha value is -1.08. The molecular weight excluding hydrogens is 296 g/mol. The molecule has 0 radical (unpaired) electrons. The van der Waals surface area contributed by atoms with Crippen molar-refractivity contribution in [1.82, 2.24) is 0 Å². The van der Waals surface area contributed by atoms with E-state index in [4.69, 9.17) is 0 Å². The van der Waals surface area contributed by atoms with Gasteiger partial charge in [-0.3, -0.25) is 0 Å². The Morgan fingerprint density at radius 1 is 0.789 bits per heavy atom. The highest BCUT2D eigenvalue weighted by Crippen LogP contribution is 2.27. The zero-order valence-electron chi connectivity index (χ0n) is 11.6. The van der Waals surface area contributed by atoms with Crippen molar-refractivity contribution in [3.8, 4) is 0 Å². The molecule has 0 saturated heterocycles. The predicted octanol–water partition coefficient (Wildman–Crippen LogP) is 5.56. The SMILES string of the molecule is CC(C)Cc1ccc(C(Br)Cc2ccccc2)cc1. The summed E-state index contributed by atoms with van der Waals surface area (Å²) in [4.78, 5) is 0.392. The lowest BCUT2D eigenvalue weighted by Gasteiger charge is -2.12. The van der Waals surface area contributed by atoms with Gasteiger partial charge < -0.3 is 0 Å². The Kier molecular flexibility index (Phi) is 5.21. The fraction of sp³-hybridized carbons (Fsp3) is 0.333. The quantitative estimate of drug-likeness (QED) is 0.633. The maximum Gasteiger partial charge on any atom is 0.0435 e. The first-order valence-electron chi connectivity index (χ1n) is 6.92. The molecule has 2 rings (SSSR count). The molecule has 2 aromatic rings. The maximum atomic E-state index is 3.80. The lowest BCUT2D eigenvalue weighted by Crippen LogP contribution is -1.97. The van der Waals surface area contributed by atoms with Crippen LogP contribution in [0.4, 0.5) is 0 Å². The van der Waals surface area contributed by atoms with Crippen molar-refractivity contribution in [3.63, 3.8) is 0 Å². The summed E-state index contributed by atoms with van der Waals surface area (Å²) >= 11 is 3.80. The lowest BCUT2D eigenvalue weighted by molar-refractivity contribution is 0.647. The van der Waals surface area contributed by atoms with E-state index in [2.05, 4.69) is 84.4 Å². The van der Waals surface area contributed by atoms with Crippen molar-refractivity contribution >= 4 is 15.9 Å². The molecule has 0 N–H and O–H groups in total. The van der Waals surface area contributed by atoms with E-state index in [0.717, 1.165) is 18.8 Å². The summed E-state index contributed by atoms with van der Waals surface area (Å²) < 4.78 is 0. The van der Waals surface area contributed by atoms with Crippen LogP contribution in [0.1, 0.15) is 35.4 Å². The molecule has 1 heteroatoms. The van der Waals surface area contributed by atoms with E-state index in [9.17, 15) is 0 Å². The topological polar surface area (TPSA) is 0 Å². The Bertz CT molecular complexity index is 485. The van der Waals surface area contributed by atoms with E-state index >= 15 is 0 Å². The number of benzene rings is 2. The van der Waals surface area contributed by atoms with E-state index in [1.807, 2.05) is 0 Å². The Morgan fingerprint density at radius 2 is 1.37 bits per heavy atom. The summed E-state index contributed by atoms with van der Waals surface area (Å²) in [6.07, 6.45) is 2.19. The van der Waals surface area contributed by atoms with Gasteiger partial charge in [0.1, 0.15) is 0 Å². The average molecular weight is 317 g/mol. The minimum atomic E-state index is 0.392. The van der Waals surface area contributed by atoms with Crippen molar-refractivity contribution in [3.05, 3.63) is 71.3 Å². The van der Waals surface area contributed by atoms with Gasteiger partial charge in [-0.25, -0.2) is 0 Å². The number of hydrogen-bond acceptors (Lipinski definition) is 0. The second kappa shape index (κ2) is 6.91. The van der Waals surface area contributed by atoms with Gasteiger partial charge in [0.2, 0.25) is 0 Å². The first-order valence-corrected chi connectivity index (χ1v) is 7.83. The molecule has 0 amide bonds. The molecule has 0 nitrogen and oxygen atoms in total. The minimum Gasteiger partial charge on any atom is -0.0835 e. The average Bonchev–Trinajstić information content (AvgIpc) is 2.40. The summed E-state index contributed by atoms with van der Waals surface area (Å²) in [6.45, 7) is 4.52. The minimum absolute atomic E-state index is 0.392. The second-order valence-corrected chi connectivity index (χ2v) is 6.60. The van der Waals surface area contributed by atoms with Crippen LogP contribution in [0, 0.1) is 5.92 Å². The third-order valence-corrected chi connectivity index (χ3v) is 4.10. The first-order chi connectivity index (χ1) is 9.15. The van der Waals surface area contributed by atoms with Crippen LogP contribution in [-0.4, -0.2) is 0 Å². The first kappa shape index (κ1) is 14.3. The molecule has 2 aromatic carbocycles. The Balaban J connectivity index is 2.01. The van der Waals surface area contributed by atoms with E-state index in [1.54, 1.807) is 0 Å². The molecule has 0 fully saturated rings. The number of halogens is 1. The number of alkyl halides is 1.